The molecule has 2 saturated carbocycles. The lowest BCUT2D eigenvalue weighted by Crippen LogP contribution is -2.08. The SMILES string of the molecule is CC1CCCCC1.CCC1CCC1. The van der Waals surface area contributed by atoms with Crippen LogP contribution in [0.1, 0.15) is 71.6 Å². The Hall–Kier alpha value is 0. The van der Waals surface area contributed by atoms with Gasteiger partial charge in [0.25, 0.3) is 0 Å². The standard InChI is InChI=1S/C7H14.C6H12/c1-7-5-3-2-4-6-7;1-2-6-4-3-5-6/h7H,2-6H2,1H3;6H,2-5H2,1H3. The summed E-state index contributed by atoms with van der Waals surface area (Å²) >= 11 is 0. The molecule has 2 aliphatic carbocycles. The highest BCUT2D eigenvalue weighted by Gasteiger charge is 2.13. The van der Waals surface area contributed by atoms with Crippen molar-refractivity contribution in [1.82, 2.24) is 0 Å². The topological polar surface area (TPSA) is 0 Å². The van der Waals surface area contributed by atoms with E-state index >= 15 is 0 Å². The maximum absolute atomic E-state index is 2.36. The normalized spacial score (nSPS) is 24.5. The highest BCUT2D eigenvalue weighted by molar-refractivity contribution is 4.66. The summed E-state index contributed by atoms with van der Waals surface area (Å²) in [7, 11) is 0. The smallest absolute Gasteiger partial charge is 0.0417 e. The average molecular weight is 182 g/mol. The van der Waals surface area contributed by atoms with Crippen LogP contribution in [0.25, 0.3) is 0 Å². The Balaban J connectivity index is 0.000000132. The van der Waals surface area contributed by atoms with Crippen molar-refractivity contribution in [2.45, 2.75) is 71.6 Å². The lowest BCUT2D eigenvalue weighted by molar-refractivity contribution is 0.307. The predicted molar refractivity (Wildman–Crippen MR) is 59.9 cm³/mol. The van der Waals surface area contributed by atoms with Crippen LogP contribution >= 0.6 is 0 Å². The predicted octanol–water partition coefficient (Wildman–Crippen LogP) is 4.78. The molecule has 13 heavy (non-hydrogen) atoms. The van der Waals surface area contributed by atoms with E-state index in [0.29, 0.717) is 0 Å². The van der Waals surface area contributed by atoms with E-state index in [2.05, 4.69) is 13.8 Å². The third kappa shape index (κ3) is 4.69. The minimum absolute atomic E-state index is 1.04. The van der Waals surface area contributed by atoms with Crippen molar-refractivity contribution < 1.29 is 0 Å². The van der Waals surface area contributed by atoms with E-state index in [0.717, 1.165) is 11.8 Å². The van der Waals surface area contributed by atoms with Gasteiger partial charge in [0, 0.05) is 0 Å². The van der Waals surface area contributed by atoms with E-state index in [1.807, 2.05) is 0 Å². The molecular weight excluding hydrogens is 156 g/mol. The zero-order chi connectivity index (χ0) is 9.52. The highest BCUT2D eigenvalue weighted by Crippen LogP contribution is 2.28. The molecule has 78 valence electrons. The largest absolute Gasteiger partial charge is 0.0651 e. The lowest BCUT2D eigenvalue weighted by Gasteiger charge is -2.22. The molecule has 0 spiro atoms. The Labute approximate surface area is 84.1 Å². The number of rotatable bonds is 1. The summed E-state index contributed by atoms with van der Waals surface area (Å²) in [5.74, 6) is 2.15. The molecule has 0 saturated heterocycles. The average Bonchev–Trinajstić information content (AvgIpc) is 2.04. The molecule has 0 aromatic heterocycles. The summed E-state index contributed by atoms with van der Waals surface area (Å²) in [6.45, 7) is 4.64. The van der Waals surface area contributed by atoms with Crippen LogP contribution < -0.4 is 0 Å². The molecular formula is C13H26. The minimum Gasteiger partial charge on any atom is -0.0651 e. The van der Waals surface area contributed by atoms with Crippen LogP contribution in [0.5, 0.6) is 0 Å². The Kier molecular flexibility index (Phi) is 5.50. The first-order valence-corrected chi connectivity index (χ1v) is 6.33. The Morgan fingerprint density at radius 2 is 1.46 bits per heavy atom. The van der Waals surface area contributed by atoms with Gasteiger partial charge in [-0.05, 0) is 11.8 Å². The van der Waals surface area contributed by atoms with Crippen molar-refractivity contribution >= 4 is 0 Å². The fourth-order valence-corrected chi connectivity index (χ4v) is 2.21. The molecule has 0 nitrogen and oxygen atoms in total. The fourth-order valence-electron chi connectivity index (χ4n) is 2.21. The van der Waals surface area contributed by atoms with Gasteiger partial charge < -0.3 is 0 Å². The van der Waals surface area contributed by atoms with Crippen LogP contribution in [0.2, 0.25) is 0 Å². The Bertz CT molecular complexity index is 104. The second-order valence-electron chi connectivity index (χ2n) is 4.95. The van der Waals surface area contributed by atoms with Gasteiger partial charge in [-0.2, -0.15) is 0 Å². The monoisotopic (exact) mass is 182 g/mol. The van der Waals surface area contributed by atoms with Gasteiger partial charge in [0.15, 0.2) is 0 Å². The first-order chi connectivity index (χ1) is 6.33. The van der Waals surface area contributed by atoms with Gasteiger partial charge in [0.05, 0.1) is 0 Å². The molecule has 0 aliphatic heterocycles. The van der Waals surface area contributed by atoms with Crippen LogP contribution in [-0.2, 0) is 0 Å². The van der Waals surface area contributed by atoms with Crippen LogP contribution in [-0.4, -0.2) is 0 Å². The zero-order valence-corrected chi connectivity index (χ0v) is 9.52. The van der Waals surface area contributed by atoms with E-state index in [1.54, 1.807) is 0 Å². The molecule has 0 aromatic carbocycles. The summed E-state index contributed by atoms with van der Waals surface area (Å²) in [4.78, 5) is 0. The lowest BCUT2D eigenvalue weighted by atomic mass is 9.84. The Morgan fingerprint density at radius 3 is 1.62 bits per heavy atom. The van der Waals surface area contributed by atoms with Crippen LogP contribution in [0.4, 0.5) is 0 Å². The first-order valence-electron chi connectivity index (χ1n) is 6.33. The highest BCUT2D eigenvalue weighted by atomic mass is 14.2. The molecule has 0 bridgehead atoms. The van der Waals surface area contributed by atoms with Gasteiger partial charge in [-0.25, -0.2) is 0 Å². The minimum atomic E-state index is 1.04. The maximum Gasteiger partial charge on any atom is -0.0417 e. The zero-order valence-electron chi connectivity index (χ0n) is 9.52. The van der Waals surface area contributed by atoms with Crippen LogP contribution in [0.15, 0.2) is 0 Å². The summed E-state index contributed by atoms with van der Waals surface area (Å²) in [6, 6.07) is 0. The molecule has 0 heterocycles. The Morgan fingerprint density at radius 1 is 0.846 bits per heavy atom. The van der Waals surface area contributed by atoms with Gasteiger partial charge in [-0.15, -0.1) is 0 Å². The summed E-state index contributed by atoms with van der Waals surface area (Å²) in [5.41, 5.74) is 0. The van der Waals surface area contributed by atoms with E-state index in [-0.39, 0.29) is 0 Å². The molecule has 2 fully saturated rings. The third-order valence-corrected chi connectivity index (χ3v) is 3.70. The second-order valence-corrected chi connectivity index (χ2v) is 4.95. The third-order valence-electron chi connectivity index (χ3n) is 3.70. The molecule has 0 atom stereocenters. The van der Waals surface area contributed by atoms with Crippen molar-refractivity contribution in [1.29, 1.82) is 0 Å². The quantitative estimate of drug-likeness (QED) is 0.547. The molecule has 0 amide bonds. The molecule has 0 unspecified atom stereocenters. The van der Waals surface area contributed by atoms with E-state index in [9.17, 15) is 0 Å². The molecule has 2 rings (SSSR count). The molecule has 0 N–H and O–H groups in total. The molecule has 0 radical (unpaired) electrons. The van der Waals surface area contributed by atoms with Gasteiger partial charge in [-0.3, -0.25) is 0 Å². The first kappa shape index (κ1) is 11.1. The van der Waals surface area contributed by atoms with Crippen molar-refractivity contribution in [3.05, 3.63) is 0 Å². The second kappa shape index (κ2) is 6.45. The van der Waals surface area contributed by atoms with Gasteiger partial charge >= 0.3 is 0 Å². The maximum atomic E-state index is 2.36. The van der Waals surface area contributed by atoms with Crippen LogP contribution in [0, 0.1) is 11.8 Å². The molecule has 2 aliphatic rings. The fraction of sp³-hybridized carbons (Fsp3) is 1.00. The van der Waals surface area contributed by atoms with Gasteiger partial charge in [0.2, 0.25) is 0 Å². The van der Waals surface area contributed by atoms with Crippen LogP contribution in [0.3, 0.4) is 0 Å². The number of hydrogen-bond donors (Lipinski definition) is 0. The van der Waals surface area contributed by atoms with Gasteiger partial charge in [0.1, 0.15) is 0 Å². The van der Waals surface area contributed by atoms with Crippen molar-refractivity contribution in [3.8, 4) is 0 Å². The van der Waals surface area contributed by atoms with E-state index < -0.39 is 0 Å². The summed E-state index contributed by atoms with van der Waals surface area (Å²) in [6.07, 6.45) is 13.4. The molecule has 0 aromatic rings. The summed E-state index contributed by atoms with van der Waals surface area (Å²) in [5, 5.41) is 0. The van der Waals surface area contributed by atoms with E-state index in [4.69, 9.17) is 0 Å². The van der Waals surface area contributed by atoms with Gasteiger partial charge in [-0.1, -0.05) is 71.6 Å². The van der Waals surface area contributed by atoms with Crippen molar-refractivity contribution in [3.63, 3.8) is 0 Å². The van der Waals surface area contributed by atoms with Crippen molar-refractivity contribution in [2.75, 3.05) is 0 Å². The number of hydrogen-bond acceptors (Lipinski definition) is 0. The summed E-state index contributed by atoms with van der Waals surface area (Å²) < 4.78 is 0. The molecule has 0 heteroatoms. The van der Waals surface area contributed by atoms with E-state index in [1.165, 1.54) is 57.8 Å². The van der Waals surface area contributed by atoms with Crippen molar-refractivity contribution in [2.24, 2.45) is 11.8 Å².